The highest BCUT2D eigenvalue weighted by atomic mass is 19.2. The Hall–Kier alpha value is -3.49. The average molecular weight is 359 g/mol. The summed E-state index contributed by atoms with van der Waals surface area (Å²) in [6.07, 6.45) is 2.69. The van der Waals surface area contributed by atoms with E-state index >= 15 is 0 Å². The predicted molar refractivity (Wildman–Crippen MR) is 87.0 cm³/mol. The van der Waals surface area contributed by atoms with Crippen molar-refractivity contribution in [2.24, 2.45) is 0 Å². The van der Waals surface area contributed by atoms with Crippen LogP contribution in [0.4, 0.5) is 24.7 Å². The first-order chi connectivity index (χ1) is 12.5. The standard InChI is InChI=1S/C17H12F3N5O/c18-11-4-5-12(16(20)15(11)19)25-14-7-13(23-9-24-14)17(26)22-8-10-3-1-2-6-21-10/h1-7,9H,8H2,(H,22,26)(H,23,24,25). The molecule has 0 fully saturated rings. The summed E-state index contributed by atoms with van der Waals surface area (Å²) in [7, 11) is 0. The maximum Gasteiger partial charge on any atom is 0.270 e. The first kappa shape index (κ1) is 17.3. The Morgan fingerprint density at radius 1 is 1.00 bits per heavy atom. The number of rotatable bonds is 5. The second-order valence-electron chi connectivity index (χ2n) is 5.14. The highest BCUT2D eigenvalue weighted by Gasteiger charge is 2.15. The minimum atomic E-state index is -1.60. The van der Waals surface area contributed by atoms with Crippen molar-refractivity contribution in [3.8, 4) is 0 Å². The molecule has 0 aliphatic carbocycles. The lowest BCUT2D eigenvalue weighted by Crippen LogP contribution is -2.24. The van der Waals surface area contributed by atoms with Crippen LogP contribution in [0.5, 0.6) is 0 Å². The van der Waals surface area contributed by atoms with Crippen LogP contribution in [0.2, 0.25) is 0 Å². The van der Waals surface area contributed by atoms with Gasteiger partial charge in [0.15, 0.2) is 17.5 Å². The van der Waals surface area contributed by atoms with Gasteiger partial charge >= 0.3 is 0 Å². The lowest BCUT2D eigenvalue weighted by molar-refractivity contribution is 0.0945. The number of halogens is 3. The van der Waals surface area contributed by atoms with Gasteiger partial charge in [-0.15, -0.1) is 0 Å². The molecule has 0 radical (unpaired) electrons. The van der Waals surface area contributed by atoms with E-state index in [0.29, 0.717) is 5.69 Å². The maximum atomic E-state index is 13.7. The van der Waals surface area contributed by atoms with Crippen LogP contribution in [0, 0.1) is 17.5 Å². The molecule has 0 saturated carbocycles. The Kier molecular flexibility index (Phi) is 5.07. The first-order valence-electron chi connectivity index (χ1n) is 7.45. The van der Waals surface area contributed by atoms with E-state index in [-0.39, 0.29) is 23.7 Å². The molecule has 0 bridgehead atoms. The Labute approximate surface area is 146 Å². The maximum absolute atomic E-state index is 13.7. The number of carbonyl (C=O) groups excluding carboxylic acids is 1. The first-order valence-corrected chi connectivity index (χ1v) is 7.45. The topological polar surface area (TPSA) is 79.8 Å². The number of benzene rings is 1. The van der Waals surface area contributed by atoms with Crippen molar-refractivity contribution in [2.45, 2.75) is 6.54 Å². The molecule has 0 atom stereocenters. The minimum absolute atomic E-state index is 0.0152. The zero-order chi connectivity index (χ0) is 18.5. The van der Waals surface area contributed by atoms with Gasteiger partial charge in [0, 0.05) is 12.3 Å². The van der Waals surface area contributed by atoms with Crippen molar-refractivity contribution >= 4 is 17.4 Å². The third kappa shape index (κ3) is 3.94. The van der Waals surface area contributed by atoms with Crippen LogP contribution in [0.3, 0.4) is 0 Å². The summed E-state index contributed by atoms with van der Waals surface area (Å²) in [5, 5.41) is 5.12. The quantitative estimate of drug-likeness (QED) is 0.685. The fourth-order valence-electron chi connectivity index (χ4n) is 2.07. The largest absolute Gasteiger partial charge is 0.345 e. The number of hydrogen-bond donors (Lipinski definition) is 2. The minimum Gasteiger partial charge on any atom is -0.345 e. The highest BCUT2D eigenvalue weighted by molar-refractivity contribution is 5.92. The monoisotopic (exact) mass is 359 g/mol. The number of pyridine rings is 1. The number of hydrogen-bond acceptors (Lipinski definition) is 5. The molecule has 0 saturated heterocycles. The van der Waals surface area contributed by atoms with E-state index in [1.807, 2.05) is 0 Å². The molecule has 9 heteroatoms. The van der Waals surface area contributed by atoms with Crippen LogP contribution >= 0.6 is 0 Å². The lowest BCUT2D eigenvalue weighted by Gasteiger charge is -2.09. The molecule has 3 aromatic rings. The summed E-state index contributed by atoms with van der Waals surface area (Å²) in [5.41, 5.74) is 0.362. The van der Waals surface area contributed by atoms with Gasteiger partial charge in [-0.05, 0) is 24.3 Å². The molecule has 2 heterocycles. The van der Waals surface area contributed by atoms with E-state index in [0.717, 1.165) is 18.5 Å². The summed E-state index contributed by atoms with van der Waals surface area (Å²) in [6.45, 7) is 0.199. The Balaban J connectivity index is 1.72. The number of nitrogens with one attached hydrogen (secondary N) is 2. The molecule has 26 heavy (non-hydrogen) atoms. The summed E-state index contributed by atoms with van der Waals surface area (Å²) in [4.78, 5) is 23.9. The normalized spacial score (nSPS) is 10.4. The average Bonchev–Trinajstić information content (AvgIpc) is 2.67. The van der Waals surface area contributed by atoms with Crippen molar-refractivity contribution < 1.29 is 18.0 Å². The van der Waals surface area contributed by atoms with Crippen molar-refractivity contribution in [3.05, 3.63) is 77.8 Å². The number of amides is 1. The van der Waals surface area contributed by atoms with Gasteiger partial charge in [0.05, 0.1) is 17.9 Å². The summed E-state index contributed by atoms with van der Waals surface area (Å²) >= 11 is 0. The lowest BCUT2D eigenvalue weighted by atomic mass is 10.2. The highest BCUT2D eigenvalue weighted by Crippen LogP contribution is 2.22. The van der Waals surface area contributed by atoms with Gasteiger partial charge in [-0.3, -0.25) is 9.78 Å². The molecule has 132 valence electrons. The van der Waals surface area contributed by atoms with Crippen LogP contribution in [0.1, 0.15) is 16.2 Å². The van der Waals surface area contributed by atoms with E-state index in [1.54, 1.807) is 24.4 Å². The second kappa shape index (κ2) is 7.60. The fourth-order valence-corrected chi connectivity index (χ4v) is 2.07. The number of anilines is 2. The molecule has 1 aromatic carbocycles. The molecule has 0 aliphatic heterocycles. The molecule has 0 aliphatic rings. The van der Waals surface area contributed by atoms with Gasteiger partial charge in [-0.2, -0.15) is 0 Å². The van der Waals surface area contributed by atoms with Crippen molar-refractivity contribution in [2.75, 3.05) is 5.32 Å². The van der Waals surface area contributed by atoms with E-state index < -0.39 is 23.4 Å². The van der Waals surface area contributed by atoms with Crippen molar-refractivity contribution in [3.63, 3.8) is 0 Å². The molecule has 0 spiro atoms. The molecule has 2 aromatic heterocycles. The number of nitrogens with zero attached hydrogens (tertiary/aromatic N) is 3. The fraction of sp³-hybridized carbons (Fsp3) is 0.0588. The third-order valence-electron chi connectivity index (χ3n) is 3.35. The molecule has 6 nitrogen and oxygen atoms in total. The molecular weight excluding hydrogens is 347 g/mol. The van der Waals surface area contributed by atoms with Crippen LogP contribution in [-0.4, -0.2) is 20.9 Å². The van der Waals surface area contributed by atoms with Gasteiger partial charge < -0.3 is 10.6 Å². The molecular formula is C17H12F3N5O. The van der Waals surface area contributed by atoms with Gasteiger partial charge in [-0.1, -0.05) is 6.07 Å². The smallest absolute Gasteiger partial charge is 0.270 e. The predicted octanol–water partition coefficient (Wildman–Crippen LogP) is 2.96. The van der Waals surface area contributed by atoms with Crippen LogP contribution in [-0.2, 0) is 6.54 Å². The molecule has 1 amide bonds. The number of aromatic nitrogens is 3. The second-order valence-corrected chi connectivity index (χ2v) is 5.14. The van der Waals surface area contributed by atoms with E-state index in [4.69, 9.17) is 0 Å². The van der Waals surface area contributed by atoms with Crippen LogP contribution < -0.4 is 10.6 Å². The zero-order valence-electron chi connectivity index (χ0n) is 13.2. The summed E-state index contributed by atoms with van der Waals surface area (Å²) in [5.74, 6) is -4.73. The number of carbonyl (C=O) groups is 1. The van der Waals surface area contributed by atoms with Crippen LogP contribution in [0.15, 0.2) is 48.9 Å². The zero-order valence-corrected chi connectivity index (χ0v) is 13.2. The van der Waals surface area contributed by atoms with E-state index in [9.17, 15) is 18.0 Å². The SMILES string of the molecule is O=C(NCc1ccccn1)c1cc(Nc2ccc(F)c(F)c2F)ncn1. The summed E-state index contributed by atoms with van der Waals surface area (Å²) < 4.78 is 39.9. The third-order valence-corrected chi connectivity index (χ3v) is 3.35. The van der Waals surface area contributed by atoms with E-state index in [2.05, 4.69) is 25.6 Å². The van der Waals surface area contributed by atoms with Crippen molar-refractivity contribution in [1.82, 2.24) is 20.3 Å². The van der Waals surface area contributed by atoms with Crippen molar-refractivity contribution in [1.29, 1.82) is 0 Å². The van der Waals surface area contributed by atoms with Crippen LogP contribution in [0.25, 0.3) is 0 Å². The Bertz CT molecular complexity index is 937. The van der Waals surface area contributed by atoms with Gasteiger partial charge in [0.2, 0.25) is 0 Å². The van der Waals surface area contributed by atoms with Gasteiger partial charge in [-0.25, -0.2) is 23.1 Å². The van der Waals surface area contributed by atoms with Gasteiger partial charge in [0.25, 0.3) is 5.91 Å². The molecule has 0 unspecified atom stereocenters. The summed E-state index contributed by atoms with van der Waals surface area (Å²) in [6, 6.07) is 8.36. The Morgan fingerprint density at radius 3 is 2.62 bits per heavy atom. The van der Waals surface area contributed by atoms with E-state index in [1.165, 1.54) is 6.07 Å². The molecule has 2 N–H and O–H groups in total. The van der Waals surface area contributed by atoms with Gasteiger partial charge in [0.1, 0.15) is 17.8 Å². The Morgan fingerprint density at radius 2 is 1.85 bits per heavy atom. The molecule has 3 rings (SSSR count).